The lowest BCUT2D eigenvalue weighted by Crippen LogP contribution is -2.48. The number of amides is 1. The highest BCUT2D eigenvalue weighted by molar-refractivity contribution is 5.94. The Labute approximate surface area is 135 Å². The van der Waals surface area contributed by atoms with E-state index in [9.17, 15) is 4.79 Å². The Balaban J connectivity index is 1.49. The van der Waals surface area contributed by atoms with Crippen LogP contribution in [0.1, 0.15) is 36.5 Å². The Kier molecular flexibility index (Phi) is 3.45. The van der Waals surface area contributed by atoms with Crippen molar-refractivity contribution in [3.63, 3.8) is 0 Å². The van der Waals surface area contributed by atoms with Crippen LogP contribution in [0.15, 0.2) is 42.4 Å². The van der Waals surface area contributed by atoms with E-state index < -0.39 is 0 Å². The zero-order chi connectivity index (χ0) is 15.9. The van der Waals surface area contributed by atoms with Gasteiger partial charge in [-0.15, -0.1) is 0 Å². The van der Waals surface area contributed by atoms with Crippen molar-refractivity contribution in [2.45, 2.75) is 31.8 Å². The second-order valence-corrected chi connectivity index (χ2v) is 6.56. The minimum atomic E-state index is -0.145. The molecule has 2 aliphatic heterocycles. The maximum atomic E-state index is 12.7. The molecule has 0 aromatic carbocycles. The summed E-state index contributed by atoms with van der Waals surface area (Å²) in [6, 6.07) is 3.74. The summed E-state index contributed by atoms with van der Waals surface area (Å²) < 4.78 is 7.92. The second kappa shape index (κ2) is 5.49. The predicted molar refractivity (Wildman–Crippen MR) is 87.4 cm³/mol. The number of nitrogens with zero attached hydrogens (tertiary/aromatic N) is 3. The van der Waals surface area contributed by atoms with Crippen LogP contribution in [-0.4, -0.2) is 45.5 Å². The number of aromatic nitrogens is 2. The molecule has 1 saturated heterocycles. The van der Waals surface area contributed by atoms with Gasteiger partial charge in [-0.05, 0) is 38.3 Å². The molecule has 0 unspecified atom stereocenters. The quantitative estimate of drug-likeness (QED) is 0.761. The molecule has 5 nitrogen and oxygen atoms in total. The van der Waals surface area contributed by atoms with Crippen molar-refractivity contribution in [1.29, 1.82) is 0 Å². The molecular formula is C18H21N3O2. The van der Waals surface area contributed by atoms with Crippen LogP contribution in [0.25, 0.3) is 5.65 Å². The van der Waals surface area contributed by atoms with Crippen LogP contribution >= 0.6 is 0 Å². The molecule has 0 bridgehead atoms. The van der Waals surface area contributed by atoms with E-state index in [1.54, 1.807) is 6.20 Å². The van der Waals surface area contributed by atoms with Crippen molar-refractivity contribution >= 4 is 11.6 Å². The molecule has 1 spiro atoms. The molecule has 4 heterocycles. The molecule has 0 radical (unpaired) electrons. The Morgan fingerprint density at radius 1 is 1.30 bits per heavy atom. The van der Waals surface area contributed by atoms with E-state index in [0.717, 1.165) is 44.6 Å². The fraction of sp³-hybridized carbons (Fsp3) is 0.444. The number of pyridine rings is 1. The molecular weight excluding hydrogens is 290 g/mol. The number of hydrogen-bond acceptors (Lipinski definition) is 3. The largest absolute Gasteiger partial charge is 0.370 e. The molecule has 1 fully saturated rings. The summed E-state index contributed by atoms with van der Waals surface area (Å²) in [6.07, 6.45) is 10.5. The molecule has 0 aliphatic carbocycles. The first-order valence-electron chi connectivity index (χ1n) is 8.20. The Hall–Kier alpha value is -2.14. The highest BCUT2D eigenvalue weighted by Gasteiger charge is 2.36. The van der Waals surface area contributed by atoms with Crippen LogP contribution < -0.4 is 0 Å². The summed E-state index contributed by atoms with van der Waals surface area (Å²) in [5, 5.41) is 0. The van der Waals surface area contributed by atoms with Crippen LogP contribution in [0, 0.1) is 0 Å². The van der Waals surface area contributed by atoms with Crippen LogP contribution in [0.3, 0.4) is 0 Å². The van der Waals surface area contributed by atoms with Crippen LogP contribution in [-0.2, 0) is 4.74 Å². The minimum Gasteiger partial charge on any atom is -0.370 e. The zero-order valence-electron chi connectivity index (χ0n) is 13.4. The SMILES string of the molecule is CC1=CC2(CCN(C(=O)c3ccc4nccn4c3)CC2)OCC1. The average molecular weight is 311 g/mol. The predicted octanol–water partition coefficient (Wildman–Crippen LogP) is 2.68. The van der Waals surface area contributed by atoms with Gasteiger partial charge in [0.2, 0.25) is 0 Å². The first-order chi connectivity index (χ1) is 11.2. The van der Waals surface area contributed by atoms with Crippen molar-refractivity contribution < 1.29 is 9.53 Å². The summed E-state index contributed by atoms with van der Waals surface area (Å²) in [7, 11) is 0. The third-order valence-corrected chi connectivity index (χ3v) is 4.93. The van der Waals surface area contributed by atoms with Crippen LogP contribution in [0.4, 0.5) is 0 Å². The lowest BCUT2D eigenvalue weighted by Gasteiger charge is -2.42. The van der Waals surface area contributed by atoms with Gasteiger partial charge in [0.1, 0.15) is 5.65 Å². The van der Waals surface area contributed by atoms with Gasteiger partial charge in [-0.25, -0.2) is 4.98 Å². The fourth-order valence-electron chi connectivity index (χ4n) is 3.58. The van der Waals surface area contributed by atoms with E-state index >= 15 is 0 Å². The van der Waals surface area contributed by atoms with E-state index in [1.165, 1.54) is 5.57 Å². The molecule has 1 amide bonds. The first kappa shape index (κ1) is 14.5. The molecule has 0 saturated carbocycles. The monoisotopic (exact) mass is 311 g/mol. The molecule has 120 valence electrons. The number of hydrogen-bond donors (Lipinski definition) is 0. The molecule has 2 aromatic rings. The molecule has 0 N–H and O–H groups in total. The van der Waals surface area contributed by atoms with E-state index in [4.69, 9.17) is 4.74 Å². The number of ether oxygens (including phenoxy) is 1. The Morgan fingerprint density at radius 2 is 2.13 bits per heavy atom. The smallest absolute Gasteiger partial charge is 0.255 e. The summed E-state index contributed by atoms with van der Waals surface area (Å²) in [6.45, 7) is 4.45. The van der Waals surface area contributed by atoms with Gasteiger partial charge in [0.05, 0.1) is 17.8 Å². The number of fused-ring (bicyclic) bond motifs is 1. The van der Waals surface area contributed by atoms with E-state index in [0.29, 0.717) is 5.56 Å². The fourth-order valence-corrected chi connectivity index (χ4v) is 3.58. The van der Waals surface area contributed by atoms with Gasteiger partial charge in [0, 0.05) is 31.7 Å². The van der Waals surface area contributed by atoms with Gasteiger partial charge in [-0.3, -0.25) is 4.79 Å². The molecule has 23 heavy (non-hydrogen) atoms. The van der Waals surface area contributed by atoms with Crippen molar-refractivity contribution in [2.75, 3.05) is 19.7 Å². The number of rotatable bonds is 1. The topological polar surface area (TPSA) is 46.8 Å². The Morgan fingerprint density at radius 3 is 2.91 bits per heavy atom. The summed E-state index contributed by atoms with van der Waals surface area (Å²) in [4.78, 5) is 18.9. The van der Waals surface area contributed by atoms with Gasteiger partial charge in [-0.2, -0.15) is 0 Å². The van der Waals surface area contributed by atoms with Crippen molar-refractivity contribution in [3.05, 3.63) is 47.9 Å². The minimum absolute atomic E-state index is 0.0898. The zero-order valence-corrected chi connectivity index (χ0v) is 13.4. The number of carbonyl (C=O) groups is 1. The van der Waals surface area contributed by atoms with E-state index in [-0.39, 0.29) is 11.5 Å². The number of likely N-dealkylation sites (tertiary alicyclic amines) is 1. The molecule has 0 atom stereocenters. The van der Waals surface area contributed by atoms with E-state index in [2.05, 4.69) is 18.0 Å². The standard InChI is InChI=1S/C18H21N3O2/c1-14-4-11-23-18(12-14)5-8-20(9-6-18)17(22)15-2-3-16-19-7-10-21(16)13-15/h2-3,7,10,12-13H,4-6,8-9,11H2,1H3. The molecule has 2 aliphatic rings. The van der Waals surface area contributed by atoms with Gasteiger partial charge in [-0.1, -0.05) is 11.6 Å². The normalized spacial score (nSPS) is 20.7. The average Bonchev–Trinajstić information content (AvgIpc) is 3.02. The maximum absolute atomic E-state index is 12.7. The van der Waals surface area contributed by atoms with Gasteiger partial charge >= 0.3 is 0 Å². The van der Waals surface area contributed by atoms with Gasteiger partial charge < -0.3 is 14.0 Å². The van der Waals surface area contributed by atoms with Crippen molar-refractivity contribution in [2.24, 2.45) is 0 Å². The van der Waals surface area contributed by atoms with Crippen molar-refractivity contribution in [1.82, 2.24) is 14.3 Å². The number of carbonyl (C=O) groups excluding carboxylic acids is 1. The van der Waals surface area contributed by atoms with Crippen LogP contribution in [0.5, 0.6) is 0 Å². The summed E-state index contributed by atoms with van der Waals surface area (Å²) in [5.41, 5.74) is 2.83. The lowest BCUT2D eigenvalue weighted by molar-refractivity contribution is -0.0522. The maximum Gasteiger partial charge on any atom is 0.255 e. The number of piperidine rings is 1. The second-order valence-electron chi connectivity index (χ2n) is 6.56. The van der Waals surface area contributed by atoms with E-state index in [1.807, 2.05) is 33.8 Å². The number of imidazole rings is 1. The Bertz CT molecular complexity index is 769. The van der Waals surface area contributed by atoms with Crippen LogP contribution in [0.2, 0.25) is 0 Å². The molecule has 5 heteroatoms. The first-order valence-corrected chi connectivity index (χ1v) is 8.20. The summed E-state index contributed by atoms with van der Waals surface area (Å²) in [5.74, 6) is 0.0898. The summed E-state index contributed by atoms with van der Waals surface area (Å²) >= 11 is 0. The molecule has 2 aromatic heterocycles. The highest BCUT2D eigenvalue weighted by atomic mass is 16.5. The third-order valence-electron chi connectivity index (χ3n) is 4.93. The van der Waals surface area contributed by atoms with Gasteiger partial charge in [0.15, 0.2) is 0 Å². The lowest BCUT2D eigenvalue weighted by atomic mass is 9.87. The third kappa shape index (κ3) is 2.65. The highest BCUT2D eigenvalue weighted by Crippen LogP contribution is 2.33. The van der Waals surface area contributed by atoms with Gasteiger partial charge in [0.25, 0.3) is 5.91 Å². The van der Waals surface area contributed by atoms with Crippen molar-refractivity contribution in [3.8, 4) is 0 Å². The molecule has 4 rings (SSSR count).